The average Bonchev–Trinajstić information content (AvgIpc) is 3.02. The third-order valence-corrected chi connectivity index (χ3v) is 4.18. The third kappa shape index (κ3) is 3.94. The molecule has 0 bridgehead atoms. The van der Waals surface area contributed by atoms with E-state index in [0.717, 1.165) is 28.0 Å². The van der Waals surface area contributed by atoms with E-state index in [4.69, 9.17) is 9.84 Å². The molecule has 2 heterocycles. The van der Waals surface area contributed by atoms with Crippen LogP contribution in [0.3, 0.4) is 0 Å². The van der Waals surface area contributed by atoms with Crippen LogP contribution in [0.5, 0.6) is 0 Å². The van der Waals surface area contributed by atoms with Gasteiger partial charge in [0.1, 0.15) is 11.2 Å². The zero-order valence-corrected chi connectivity index (χ0v) is 15.6. The van der Waals surface area contributed by atoms with Crippen LogP contribution >= 0.6 is 0 Å². The van der Waals surface area contributed by atoms with Crippen molar-refractivity contribution in [2.45, 2.75) is 45.8 Å². The number of nitrogens with zero attached hydrogens (tertiary/aromatic N) is 2. The van der Waals surface area contributed by atoms with Gasteiger partial charge in [-0.25, -0.2) is 4.98 Å². The number of aliphatic hydroxyl groups is 1. The van der Waals surface area contributed by atoms with Crippen molar-refractivity contribution < 1.29 is 14.6 Å². The Bertz CT molecular complexity index is 921. The van der Waals surface area contributed by atoms with Crippen molar-refractivity contribution in [1.82, 2.24) is 9.38 Å². The molecule has 1 atom stereocenters. The number of fused-ring (bicyclic) bond motifs is 1. The molecule has 1 aromatic carbocycles. The van der Waals surface area contributed by atoms with Crippen LogP contribution in [0, 0.1) is 0 Å². The predicted octanol–water partition coefficient (Wildman–Crippen LogP) is 3.94. The van der Waals surface area contributed by atoms with Crippen molar-refractivity contribution in [3.8, 4) is 11.3 Å². The van der Waals surface area contributed by atoms with Gasteiger partial charge in [-0.2, -0.15) is 0 Å². The summed E-state index contributed by atoms with van der Waals surface area (Å²) in [6.07, 6.45) is 3.86. The van der Waals surface area contributed by atoms with Gasteiger partial charge in [0.05, 0.1) is 18.2 Å². The minimum atomic E-state index is -0.503. The van der Waals surface area contributed by atoms with E-state index in [9.17, 15) is 4.79 Å². The molecule has 0 spiro atoms. The first kappa shape index (κ1) is 18.1. The number of pyridine rings is 1. The van der Waals surface area contributed by atoms with Crippen molar-refractivity contribution in [3.63, 3.8) is 0 Å². The Morgan fingerprint density at radius 3 is 2.54 bits per heavy atom. The van der Waals surface area contributed by atoms with Crippen LogP contribution in [-0.2, 0) is 16.1 Å². The van der Waals surface area contributed by atoms with E-state index in [2.05, 4.69) is 4.98 Å². The lowest BCUT2D eigenvalue weighted by Gasteiger charge is -2.22. The Kier molecular flexibility index (Phi) is 4.83. The van der Waals surface area contributed by atoms with E-state index in [-0.39, 0.29) is 18.5 Å². The summed E-state index contributed by atoms with van der Waals surface area (Å²) in [6.45, 7) is 7.46. The second kappa shape index (κ2) is 6.92. The van der Waals surface area contributed by atoms with Gasteiger partial charge in [-0.05, 0) is 51.0 Å². The summed E-state index contributed by atoms with van der Waals surface area (Å²) in [7, 11) is 0. The molecule has 0 fully saturated rings. The number of aliphatic hydroxyl groups excluding tert-OH is 1. The number of carbonyl (C=O) groups excluding carboxylic acids is 1. The number of rotatable bonds is 4. The molecule has 0 saturated heterocycles. The monoisotopic (exact) mass is 352 g/mol. The Hall–Kier alpha value is -2.66. The maximum absolute atomic E-state index is 12.3. The molecule has 0 aliphatic heterocycles. The lowest BCUT2D eigenvalue weighted by atomic mass is 10.0. The second-order valence-corrected chi connectivity index (χ2v) is 7.46. The average molecular weight is 352 g/mol. The van der Waals surface area contributed by atoms with Gasteiger partial charge in [0.2, 0.25) is 0 Å². The first-order valence-electron chi connectivity index (χ1n) is 8.68. The lowest BCUT2D eigenvalue weighted by molar-refractivity contribution is -0.156. The Morgan fingerprint density at radius 1 is 1.23 bits per heavy atom. The molecule has 1 N–H and O–H groups in total. The van der Waals surface area contributed by atoms with Crippen molar-refractivity contribution >= 4 is 11.6 Å². The number of imidazole rings is 1. The molecule has 26 heavy (non-hydrogen) atoms. The second-order valence-electron chi connectivity index (χ2n) is 7.46. The van der Waals surface area contributed by atoms with E-state index in [1.807, 2.05) is 80.9 Å². The highest BCUT2D eigenvalue weighted by molar-refractivity contribution is 5.78. The number of carbonyl (C=O) groups is 1. The van der Waals surface area contributed by atoms with Crippen LogP contribution in [0.2, 0.25) is 0 Å². The van der Waals surface area contributed by atoms with Crippen molar-refractivity contribution in [1.29, 1.82) is 0 Å². The fraction of sp³-hybridized carbons (Fsp3) is 0.333. The van der Waals surface area contributed by atoms with Gasteiger partial charge in [-0.15, -0.1) is 0 Å². The number of ether oxygens (including phenoxy) is 1. The fourth-order valence-electron chi connectivity index (χ4n) is 2.71. The van der Waals surface area contributed by atoms with E-state index in [1.54, 1.807) is 0 Å². The topological polar surface area (TPSA) is 63.8 Å². The predicted molar refractivity (Wildman–Crippen MR) is 101 cm³/mol. The molecular weight excluding hydrogens is 328 g/mol. The first-order valence-corrected chi connectivity index (χ1v) is 8.68. The van der Waals surface area contributed by atoms with Crippen molar-refractivity contribution in [3.05, 3.63) is 59.9 Å². The van der Waals surface area contributed by atoms with Crippen LogP contribution in [0.1, 0.15) is 44.7 Å². The summed E-state index contributed by atoms with van der Waals surface area (Å²) in [5.41, 5.74) is 3.84. The van der Waals surface area contributed by atoms with Gasteiger partial charge in [0.15, 0.2) is 0 Å². The molecule has 3 aromatic rings. The van der Waals surface area contributed by atoms with Gasteiger partial charge >= 0.3 is 5.97 Å². The zero-order chi connectivity index (χ0) is 18.9. The molecule has 3 rings (SSSR count). The molecule has 136 valence electrons. The van der Waals surface area contributed by atoms with Gasteiger partial charge in [0, 0.05) is 18.0 Å². The third-order valence-electron chi connectivity index (χ3n) is 4.18. The standard InChI is InChI=1S/C21H24N2O3/c1-14(20(25)26-21(2,3)4)17-9-10-23-12-18(22-19(23)11-17)16-7-5-15(13-24)6-8-16/h5-12,14,24H,13H2,1-4H3. The maximum Gasteiger partial charge on any atom is 0.313 e. The Morgan fingerprint density at radius 2 is 1.92 bits per heavy atom. The quantitative estimate of drug-likeness (QED) is 0.723. The highest BCUT2D eigenvalue weighted by Crippen LogP contribution is 2.24. The minimum Gasteiger partial charge on any atom is -0.460 e. The summed E-state index contributed by atoms with van der Waals surface area (Å²) >= 11 is 0. The normalized spacial score (nSPS) is 13.0. The van der Waals surface area contributed by atoms with Gasteiger partial charge in [-0.1, -0.05) is 24.3 Å². The van der Waals surface area contributed by atoms with Crippen LogP contribution in [0.4, 0.5) is 0 Å². The molecule has 5 heteroatoms. The number of esters is 1. The summed E-state index contributed by atoms with van der Waals surface area (Å²) in [4.78, 5) is 17.0. The summed E-state index contributed by atoms with van der Waals surface area (Å²) < 4.78 is 7.41. The Balaban J connectivity index is 1.88. The number of benzene rings is 1. The lowest BCUT2D eigenvalue weighted by Crippen LogP contribution is -2.26. The smallest absolute Gasteiger partial charge is 0.313 e. The number of hydrogen-bond donors (Lipinski definition) is 1. The largest absolute Gasteiger partial charge is 0.460 e. The molecule has 0 aliphatic carbocycles. The highest BCUT2D eigenvalue weighted by atomic mass is 16.6. The maximum atomic E-state index is 12.3. The molecule has 0 saturated carbocycles. The summed E-state index contributed by atoms with van der Waals surface area (Å²) in [6, 6.07) is 11.5. The molecule has 1 unspecified atom stereocenters. The van der Waals surface area contributed by atoms with Crippen LogP contribution < -0.4 is 0 Å². The van der Waals surface area contributed by atoms with Gasteiger partial charge in [0.25, 0.3) is 0 Å². The fourth-order valence-corrected chi connectivity index (χ4v) is 2.71. The van der Waals surface area contributed by atoms with E-state index < -0.39 is 5.60 Å². The van der Waals surface area contributed by atoms with E-state index in [1.165, 1.54) is 0 Å². The van der Waals surface area contributed by atoms with Crippen molar-refractivity contribution in [2.75, 3.05) is 0 Å². The van der Waals surface area contributed by atoms with Gasteiger partial charge < -0.3 is 14.2 Å². The SMILES string of the molecule is CC(C(=O)OC(C)(C)C)c1ccn2cc(-c3ccc(CO)cc3)nc2c1. The van der Waals surface area contributed by atoms with Crippen LogP contribution in [0.15, 0.2) is 48.8 Å². The van der Waals surface area contributed by atoms with E-state index >= 15 is 0 Å². The molecule has 0 amide bonds. The van der Waals surface area contributed by atoms with Crippen molar-refractivity contribution in [2.24, 2.45) is 0 Å². The minimum absolute atomic E-state index is 0.0252. The molecule has 5 nitrogen and oxygen atoms in total. The first-order chi connectivity index (χ1) is 12.3. The molecule has 0 aliphatic rings. The summed E-state index contributed by atoms with van der Waals surface area (Å²) in [5.74, 6) is -0.601. The van der Waals surface area contributed by atoms with E-state index in [0.29, 0.717) is 0 Å². The highest BCUT2D eigenvalue weighted by Gasteiger charge is 2.23. The number of hydrogen-bond acceptors (Lipinski definition) is 4. The zero-order valence-electron chi connectivity index (χ0n) is 15.6. The summed E-state index contributed by atoms with van der Waals surface area (Å²) in [5, 5.41) is 9.15. The Labute approximate surface area is 153 Å². The van der Waals surface area contributed by atoms with Crippen LogP contribution in [0.25, 0.3) is 16.9 Å². The molecule has 2 aromatic heterocycles. The molecule has 0 radical (unpaired) electrons. The molecular formula is C21H24N2O3. The number of aromatic nitrogens is 2. The van der Waals surface area contributed by atoms with Gasteiger partial charge in [-0.3, -0.25) is 4.79 Å². The van der Waals surface area contributed by atoms with Crippen LogP contribution in [-0.4, -0.2) is 26.1 Å².